The summed E-state index contributed by atoms with van der Waals surface area (Å²) < 4.78 is 5.15. The standard InChI is InChI=1S/C48H66N2/c1-5-7-9-11-13-15-17-19-21-23-33-49-37(3)35-45-43-27-25-40-39(41(43)29-31-47(45)49)26-28-44-42(40)30-32-48-46(44)36-38(4)50(48)34-24-22-20-18-16-14-12-10-8-6-2/h25-32,35-36H,5-24,33-34H2,1-4H3. The molecule has 0 atom stereocenters. The first-order valence-electron chi connectivity index (χ1n) is 21.0. The predicted molar refractivity (Wildman–Crippen MR) is 223 cm³/mol. The molecule has 0 fully saturated rings. The summed E-state index contributed by atoms with van der Waals surface area (Å²) in [4.78, 5) is 0. The van der Waals surface area contributed by atoms with E-state index in [1.54, 1.807) is 0 Å². The van der Waals surface area contributed by atoms with Crippen LogP contribution in [-0.4, -0.2) is 9.13 Å². The van der Waals surface area contributed by atoms with Gasteiger partial charge in [0.2, 0.25) is 0 Å². The second-order valence-electron chi connectivity index (χ2n) is 15.7. The van der Waals surface area contributed by atoms with Crippen molar-refractivity contribution in [2.75, 3.05) is 0 Å². The fraction of sp³-hybridized carbons (Fsp3) is 0.542. The first-order chi connectivity index (χ1) is 24.6. The van der Waals surface area contributed by atoms with Crippen LogP contribution in [-0.2, 0) is 13.1 Å². The Morgan fingerprint density at radius 1 is 0.320 bits per heavy atom. The number of aryl methyl sites for hydroxylation is 4. The zero-order valence-electron chi connectivity index (χ0n) is 32.2. The third-order valence-electron chi connectivity index (χ3n) is 11.8. The number of hydrogen-bond acceptors (Lipinski definition) is 0. The van der Waals surface area contributed by atoms with Gasteiger partial charge in [-0.2, -0.15) is 0 Å². The van der Waals surface area contributed by atoms with Gasteiger partial charge in [0, 0.05) is 46.3 Å². The molecular formula is C48H66N2. The number of rotatable bonds is 22. The molecule has 0 spiro atoms. The Hall–Kier alpha value is -3.26. The molecule has 6 aromatic rings. The molecule has 2 heteroatoms. The lowest BCUT2D eigenvalue weighted by Crippen LogP contribution is -2.00. The highest BCUT2D eigenvalue weighted by molar-refractivity contribution is 6.24. The van der Waals surface area contributed by atoms with Crippen molar-refractivity contribution in [2.24, 2.45) is 0 Å². The Bertz CT molecular complexity index is 1820. The Kier molecular flexibility index (Phi) is 13.4. The van der Waals surface area contributed by atoms with Crippen LogP contribution < -0.4 is 0 Å². The molecule has 0 bridgehead atoms. The van der Waals surface area contributed by atoms with Crippen LogP contribution in [0.1, 0.15) is 154 Å². The second-order valence-corrected chi connectivity index (χ2v) is 15.7. The summed E-state index contributed by atoms with van der Waals surface area (Å²) in [5.41, 5.74) is 5.57. The quantitative estimate of drug-likeness (QED) is 0.0502. The molecule has 0 radical (unpaired) electrons. The molecule has 0 aliphatic carbocycles. The molecule has 268 valence electrons. The molecule has 0 unspecified atom stereocenters. The summed E-state index contributed by atoms with van der Waals surface area (Å²) in [7, 11) is 0. The van der Waals surface area contributed by atoms with E-state index < -0.39 is 0 Å². The summed E-state index contributed by atoms with van der Waals surface area (Å²) in [5.74, 6) is 0. The highest BCUT2D eigenvalue weighted by Crippen LogP contribution is 2.38. The van der Waals surface area contributed by atoms with Crippen molar-refractivity contribution in [3.8, 4) is 0 Å². The Balaban J connectivity index is 1.12. The van der Waals surface area contributed by atoms with E-state index in [0.717, 1.165) is 13.1 Å². The van der Waals surface area contributed by atoms with Crippen LogP contribution in [0.15, 0.2) is 60.7 Å². The first kappa shape index (κ1) is 36.5. The third kappa shape index (κ3) is 8.43. The van der Waals surface area contributed by atoms with E-state index in [0.29, 0.717) is 0 Å². The van der Waals surface area contributed by atoms with E-state index in [9.17, 15) is 0 Å². The van der Waals surface area contributed by atoms with Gasteiger partial charge in [0.15, 0.2) is 0 Å². The molecule has 50 heavy (non-hydrogen) atoms. The Morgan fingerprint density at radius 2 is 0.580 bits per heavy atom. The molecule has 2 heterocycles. The fourth-order valence-corrected chi connectivity index (χ4v) is 8.90. The monoisotopic (exact) mass is 671 g/mol. The van der Waals surface area contributed by atoms with Crippen molar-refractivity contribution in [3.05, 3.63) is 72.1 Å². The summed E-state index contributed by atoms with van der Waals surface area (Å²) in [6.07, 6.45) is 27.7. The average molecular weight is 671 g/mol. The molecule has 4 aromatic carbocycles. The van der Waals surface area contributed by atoms with E-state index >= 15 is 0 Å². The maximum absolute atomic E-state index is 2.57. The smallest absolute Gasteiger partial charge is 0.0488 e. The van der Waals surface area contributed by atoms with Crippen LogP contribution in [0.3, 0.4) is 0 Å². The van der Waals surface area contributed by atoms with Crippen molar-refractivity contribution >= 4 is 54.1 Å². The van der Waals surface area contributed by atoms with E-state index in [1.165, 1.54) is 194 Å². The molecule has 6 rings (SSSR count). The number of nitrogens with zero attached hydrogens (tertiary/aromatic N) is 2. The van der Waals surface area contributed by atoms with E-state index in [4.69, 9.17) is 0 Å². The van der Waals surface area contributed by atoms with Crippen molar-refractivity contribution in [3.63, 3.8) is 0 Å². The summed E-state index contributed by atoms with van der Waals surface area (Å²) in [6, 6.07) is 24.0. The fourth-order valence-electron chi connectivity index (χ4n) is 8.90. The lowest BCUT2D eigenvalue weighted by molar-refractivity contribution is 0.536. The van der Waals surface area contributed by atoms with Gasteiger partial charge in [-0.15, -0.1) is 0 Å². The van der Waals surface area contributed by atoms with Gasteiger partial charge < -0.3 is 9.13 Å². The summed E-state index contributed by atoms with van der Waals surface area (Å²) in [6.45, 7) is 11.5. The molecule has 0 aliphatic heterocycles. The summed E-state index contributed by atoms with van der Waals surface area (Å²) in [5, 5.41) is 11.1. The molecule has 0 saturated heterocycles. The lowest BCUT2D eigenvalue weighted by atomic mass is 9.94. The molecule has 0 amide bonds. The van der Waals surface area contributed by atoms with Gasteiger partial charge in [-0.05, 0) is 83.3 Å². The van der Waals surface area contributed by atoms with Gasteiger partial charge in [-0.3, -0.25) is 0 Å². The van der Waals surface area contributed by atoms with Crippen LogP contribution in [0.2, 0.25) is 0 Å². The van der Waals surface area contributed by atoms with E-state index in [1.807, 2.05) is 0 Å². The first-order valence-corrected chi connectivity index (χ1v) is 21.0. The minimum absolute atomic E-state index is 1.13. The zero-order chi connectivity index (χ0) is 34.7. The van der Waals surface area contributed by atoms with Crippen molar-refractivity contribution in [1.82, 2.24) is 9.13 Å². The maximum Gasteiger partial charge on any atom is 0.0488 e. The number of aromatic nitrogens is 2. The minimum Gasteiger partial charge on any atom is -0.345 e. The lowest BCUT2D eigenvalue weighted by Gasteiger charge is -2.12. The maximum atomic E-state index is 2.57. The number of unbranched alkanes of at least 4 members (excludes halogenated alkanes) is 18. The second kappa shape index (κ2) is 18.3. The van der Waals surface area contributed by atoms with Crippen molar-refractivity contribution < 1.29 is 0 Å². The van der Waals surface area contributed by atoms with Gasteiger partial charge in [0.05, 0.1) is 0 Å². The largest absolute Gasteiger partial charge is 0.345 e. The minimum atomic E-state index is 1.13. The van der Waals surface area contributed by atoms with Gasteiger partial charge in [-0.25, -0.2) is 0 Å². The van der Waals surface area contributed by atoms with Crippen molar-refractivity contribution in [2.45, 2.75) is 169 Å². The normalized spacial score (nSPS) is 12.2. The predicted octanol–water partition coefficient (Wildman–Crippen LogP) is 15.5. The van der Waals surface area contributed by atoms with Gasteiger partial charge in [0.1, 0.15) is 0 Å². The molecule has 0 aliphatic rings. The topological polar surface area (TPSA) is 9.86 Å². The molecule has 2 nitrogen and oxygen atoms in total. The van der Waals surface area contributed by atoms with Crippen LogP contribution in [0.25, 0.3) is 54.1 Å². The SMILES string of the molecule is CCCCCCCCCCCCn1c(C)cc2c3ccc4c(ccc5c4ccc4c5cc(C)n4CCCCCCCCCCCC)c3ccc21. The number of hydrogen-bond donors (Lipinski definition) is 0. The van der Waals surface area contributed by atoms with E-state index in [2.05, 4.69) is 97.5 Å². The number of benzene rings is 4. The van der Waals surface area contributed by atoms with Gasteiger partial charge in [0.25, 0.3) is 0 Å². The highest BCUT2D eigenvalue weighted by Gasteiger charge is 2.14. The third-order valence-corrected chi connectivity index (χ3v) is 11.8. The average Bonchev–Trinajstić information content (AvgIpc) is 3.63. The Morgan fingerprint density at radius 3 is 0.900 bits per heavy atom. The van der Waals surface area contributed by atoms with Gasteiger partial charge in [-0.1, -0.05) is 166 Å². The highest BCUT2D eigenvalue weighted by atomic mass is 15.0. The van der Waals surface area contributed by atoms with Crippen LogP contribution in [0.5, 0.6) is 0 Å². The molecular weight excluding hydrogens is 605 g/mol. The summed E-state index contributed by atoms with van der Waals surface area (Å²) >= 11 is 0. The van der Waals surface area contributed by atoms with Crippen LogP contribution in [0, 0.1) is 13.8 Å². The number of fused-ring (bicyclic) bond motifs is 9. The molecule has 0 saturated carbocycles. The van der Waals surface area contributed by atoms with Crippen molar-refractivity contribution in [1.29, 1.82) is 0 Å². The molecule has 2 aromatic heterocycles. The van der Waals surface area contributed by atoms with Crippen LogP contribution >= 0.6 is 0 Å². The molecule has 0 N–H and O–H groups in total. The van der Waals surface area contributed by atoms with Gasteiger partial charge >= 0.3 is 0 Å². The Labute approximate surface area is 303 Å². The van der Waals surface area contributed by atoms with Crippen LogP contribution in [0.4, 0.5) is 0 Å². The zero-order valence-corrected chi connectivity index (χ0v) is 32.2. The van der Waals surface area contributed by atoms with E-state index in [-0.39, 0.29) is 0 Å².